The van der Waals surface area contributed by atoms with Crippen LogP contribution in [0.3, 0.4) is 0 Å². The van der Waals surface area contributed by atoms with Gasteiger partial charge in [-0.15, -0.1) is 11.3 Å². The van der Waals surface area contributed by atoms with Crippen LogP contribution in [0.4, 0.5) is 11.1 Å². The van der Waals surface area contributed by atoms with Crippen molar-refractivity contribution in [2.75, 3.05) is 37.4 Å². The van der Waals surface area contributed by atoms with E-state index in [0.29, 0.717) is 16.7 Å². The molecule has 0 unspecified atom stereocenters. The molecule has 1 aliphatic rings. The zero-order chi connectivity index (χ0) is 18.3. The van der Waals surface area contributed by atoms with Gasteiger partial charge in [-0.25, -0.2) is 9.67 Å². The first-order valence-electron chi connectivity index (χ1n) is 8.52. The zero-order valence-corrected chi connectivity index (χ0v) is 16.6. The number of thiophene rings is 1. The maximum absolute atomic E-state index is 12.6. The number of aromatic nitrogens is 4. The Bertz CT molecular complexity index is 904. The Morgan fingerprint density at radius 2 is 2.08 bits per heavy atom. The van der Waals surface area contributed by atoms with Gasteiger partial charge in [0.05, 0.1) is 9.58 Å². The Balaban J connectivity index is 1.50. The van der Waals surface area contributed by atoms with Crippen molar-refractivity contribution < 1.29 is 4.79 Å². The van der Waals surface area contributed by atoms with Gasteiger partial charge >= 0.3 is 0 Å². The number of aryl methyl sites for hydroxylation is 1. The van der Waals surface area contributed by atoms with Gasteiger partial charge in [0.1, 0.15) is 4.83 Å². The van der Waals surface area contributed by atoms with Gasteiger partial charge in [0, 0.05) is 27.1 Å². The Kier molecular flexibility index (Phi) is 4.63. The maximum Gasteiger partial charge on any atom is 0.268 e. The fraction of sp³-hybridized carbons (Fsp3) is 0.500. The predicted octanol–water partition coefficient (Wildman–Crippen LogP) is 2.27. The van der Waals surface area contributed by atoms with Crippen LogP contribution in [-0.4, -0.2) is 52.8 Å². The first-order chi connectivity index (χ1) is 12.5. The smallest absolute Gasteiger partial charge is 0.268 e. The Morgan fingerprint density at radius 1 is 1.31 bits per heavy atom. The second-order valence-corrected chi connectivity index (χ2v) is 8.61. The van der Waals surface area contributed by atoms with E-state index in [1.165, 1.54) is 11.3 Å². The number of carbonyl (C=O) groups is 1. The van der Waals surface area contributed by atoms with E-state index in [9.17, 15) is 4.79 Å². The van der Waals surface area contributed by atoms with Crippen LogP contribution in [0.2, 0.25) is 0 Å². The van der Waals surface area contributed by atoms with E-state index >= 15 is 0 Å². The van der Waals surface area contributed by atoms with E-state index in [0.717, 1.165) is 46.4 Å². The quantitative estimate of drug-likeness (QED) is 0.709. The summed E-state index contributed by atoms with van der Waals surface area (Å²) in [7, 11) is 5.74. The van der Waals surface area contributed by atoms with Gasteiger partial charge in [0.15, 0.2) is 11.0 Å². The van der Waals surface area contributed by atoms with Crippen molar-refractivity contribution in [1.29, 1.82) is 0 Å². The average Bonchev–Trinajstić information content (AvgIpc) is 3.29. The molecule has 1 saturated heterocycles. The minimum atomic E-state index is -0.168. The van der Waals surface area contributed by atoms with Gasteiger partial charge in [-0.05, 0) is 32.0 Å². The number of nitrogens with one attached hydrogen (secondary N) is 2. The second kappa shape index (κ2) is 6.93. The molecule has 138 valence electrons. The van der Waals surface area contributed by atoms with Gasteiger partial charge in [-0.3, -0.25) is 10.1 Å². The Labute approximate surface area is 159 Å². The third-order valence-corrected chi connectivity index (χ3v) is 6.72. The molecular weight excluding hydrogens is 370 g/mol. The highest BCUT2D eigenvalue weighted by molar-refractivity contribution is 7.29. The molecule has 0 saturated carbocycles. The molecule has 0 atom stereocenters. The highest BCUT2D eigenvalue weighted by Crippen LogP contribution is 2.34. The van der Waals surface area contributed by atoms with E-state index in [1.54, 1.807) is 16.0 Å². The van der Waals surface area contributed by atoms with Gasteiger partial charge < -0.3 is 10.2 Å². The standard InChI is InChI=1S/C16H21N7OS2/c1-22(2)16-20-14-11(26-16)8-10(25-14)13(24)19-15-18-12(21-23(15)3)9-4-6-17-7-5-9/h8-9,17H,4-7H2,1-3H3,(H,18,19,21,24). The monoisotopic (exact) mass is 391 g/mol. The van der Waals surface area contributed by atoms with Gasteiger partial charge in [0.2, 0.25) is 5.95 Å². The number of amides is 1. The van der Waals surface area contributed by atoms with Crippen molar-refractivity contribution in [2.45, 2.75) is 18.8 Å². The molecule has 2 N–H and O–H groups in total. The van der Waals surface area contributed by atoms with Crippen LogP contribution in [0.1, 0.15) is 34.3 Å². The summed E-state index contributed by atoms with van der Waals surface area (Å²) in [6.45, 7) is 1.97. The molecule has 3 aromatic heterocycles. The lowest BCUT2D eigenvalue weighted by Crippen LogP contribution is -2.27. The molecule has 0 bridgehead atoms. The predicted molar refractivity (Wildman–Crippen MR) is 106 cm³/mol. The molecule has 1 fully saturated rings. The highest BCUT2D eigenvalue weighted by atomic mass is 32.1. The molecule has 3 aromatic rings. The summed E-state index contributed by atoms with van der Waals surface area (Å²) in [4.78, 5) is 25.2. The molecule has 8 nitrogen and oxygen atoms in total. The maximum atomic E-state index is 12.6. The summed E-state index contributed by atoms with van der Waals surface area (Å²) in [5.41, 5.74) is 0. The summed E-state index contributed by atoms with van der Waals surface area (Å²) in [6, 6.07) is 1.89. The van der Waals surface area contributed by atoms with Crippen molar-refractivity contribution in [1.82, 2.24) is 25.1 Å². The van der Waals surface area contributed by atoms with Crippen molar-refractivity contribution in [3.63, 3.8) is 0 Å². The van der Waals surface area contributed by atoms with Crippen LogP contribution in [0.25, 0.3) is 9.53 Å². The van der Waals surface area contributed by atoms with Crippen molar-refractivity contribution >= 4 is 49.2 Å². The Morgan fingerprint density at radius 3 is 2.77 bits per heavy atom. The molecule has 26 heavy (non-hydrogen) atoms. The molecule has 1 aliphatic heterocycles. The third-order valence-electron chi connectivity index (χ3n) is 4.39. The van der Waals surface area contributed by atoms with E-state index < -0.39 is 0 Å². The van der Waals surface area contributed by atoms with E-state index in [-0.39, 0.29) is 5.91 Å². The molecule has 0 aromatic carbocycles. The van der Waals surface area contributed by atoms with Gasteiger partial charge in [0.25, 0.3) is 5.91 Å². The molecule has 4 heterocycles. The molecule has 1 amide bonds. The molecule has 10 heteroatoms. The van der Waals surface area contributed by atoms with Crippen LogP contribution < -0.4 is 15.5 Å². The number of hydrogen-bond donors (Lipinski definition) is 2. The SMILES string of the molecule is CN(C)c1nc2sc(C(=O)Nc3nc(C4CCNCC4)nn3C)cc2s1. The van der Waals surface area contributed by atoms with E-state index in [1.807, 2.05) is 32.1 Å². The number of carbonyl (C=O) groups excluding carboxylic acids is 1. The first kappa shape index (κ1) is 17.4. The lowest BCUT2D eigenvalue weighted by molar-refractivity contribution is 0.102. The second-order valence-electron chi connectivity index (χ2n) is 6.57. The van der Waals surface area contributed by atoms with Crippen LogP contribution in [0.15, 0.2) is 6.07 Å². The lowest BCUT2D eigenvalue weighted by atomic mass is 9.98. The number of piperidine rings is 1. The minimum absolute atomic E-state index is 0.168. The minimum Gasteiger partial charge on any atom is -0.354 e. The number of rotatable bonds is 4. The van der Waals surface area contributed by atoms with Crippen LogP contribution in [0, 0.1) is 0 Å². The summed E-state index contributed by atoms with van der Waals surface area (Å²) in [6.07, 6.45) is 2.05. The molecule has 0 aliphatic carbocycles. The normalized spacial score (nSPS) is 15.5. The number of anilines is 2. The topological polar surface area (TPSA) is 88.0 Å². The highest BCUT2D eigenvalue weighted by Gasteiger charge is 2.22. The lowest BCUT2D eigenvalue weighted by Gasteiger charge is -2.19. The van der Waals surface area contributed by atoms with E-state index in [4.69, 9.17) is 0 Å². The molecule has 0 spiro atoms. The third kappa shape index (κ3) is 3.31. The summed E-state index contributed by atoms with van der Waals surface area (Å²) in [5.74, 6) is 1.49. The number of fused-ring (bicyclic) bond motifs is 1. The largest absolute Gasteiger partial charge is 0.354 e. The fourth-order valence-electron chi connectivity index (χ4n) is 2.96. The summed E-state index contributed by atoms with van der Waals surface area (Å²) in [5, 5.41) is 11.7. The number of thiazole rings is 1. The number of hydrogen-bond acceptors (Lipinski definition) is 8. The van der Waals surface area contributed by atoms with Gasteiger partial charge in [-0.2, -0.15) is 10.1 Å². The average molecular weight is 392 g/mol. The van der Waals surface area contributed by atoms with Crippen molar-refractivity contribution in [3.05, 3.63) is 16.8 Å². The van der Waals surface area contributed by atoms with Gasteiger partial charge in [-0.1, -0.05) is 11.3 Å². The summed E-state index contributed by atoms with van der Waals surface area (Å²) < 4.78 is 2.67. The Hall–Kier alpha value is -2.04. The molecule has 4 rings (SSSR count). The first-order valence-corrected chi connectivity index (χ1v) is 10.2. The number of nitrogens with zero attached hydrogens (tertiary/aromatic N) is 5. The van der Waals surface area contributed by atoms with Crippen LogP contribution in [0.5, 0.6) is 0 Å². The van der Waals surface area contributed by atoms with Crippen molar-refractivity contribution in [2.24, 2.45) is 7.05 Å². The van der Waals surface area contributed by atoms with Crippen LogP contribution in [-0.2, 0) is 7.05 Å². The molecule has 0 radical (unpaired) electrons. The van der Waals surface area contributed by atoms with Crippen molar-refractivity contribution in [3.8, 4) is 0 Å². The zero-order valence-electron chi connectivity index (χ0n) is 14.9. The summed E-state index contributed by atoms with van der Waals surface area (Å²) >= 11 is 2.98. The van der Waals surface area contributed by atoms with E-state index in [2.05, 4.69) is 25.7 Å². The molecular formula is C16H21N7OS2. The fourth-order valence-corrected chi connectivity index (χ4v) is 4.99. The van der Waals surface area contributed by atoms with Crippen LogP contribution >= 0.6 is 22.7 Å².